The van der Waals surface area contributed by atoms with Crippen molar-refractivity contribution in [2.45, 2.75) is 6.92 Å². The van der Waals surface area contributed by atoms with Gasteiger partial charge in [-0.15, -0.1) is 0 Å². The predicted octanol–water partition coefficient (Wildman–Crippen LogP) is 2.95. The van der Waals surface area contributed by atoms with Crippen LogP contribution >= 0.6 is 15.9 Å². The summed E-state index contributed by atoms with van der Waals surface area (Å²) in [7, 11) is 0. The Kier molecular flexibility index (Phi) is 3.33. The van der Waals surface area contributed by atoms with Crippen LogP contribution in [-0.4, -0.2) is 9.97 Å². The minimum absolute atomic E-state index is 0.778. The maximum absolute atomic E-state index is 4.30. The van der Waals surface area contributed by atoms with Crippen molar-refractivity contribution >= 4 is 15.9 Å². The van der Waals surface area contributed by atoms with Crippen LogP contribution in [0, 0.1) is 18.8 Å². The van der Waals surface area contributed by atoms with Crippen LogP contribution in [0.1, 0.15) is 17.0 Å². The van der Waals surface area contributed by atoms with E-state index >= 15 is 0 Å². The van der Waals surface area contributed by atoms with E-state index in [1.54, 1.807) is 12.4 Å². The molecular weight excluding hydrogens is 264 g/mol. The van der Waals surface area contributed by atoms with Crippen molar-refractivity contribution in [1.29, 1.82) is 0 Å². The van der Waals surface area contributed by atoms with E-state index in [2.05, 4.69) is 37.7 Å². The van der Waals surface area contributed by atoms with Crippen LogP contribution in [0.4, 0.5) is 0 Å². The fraction of sp³-hybridized carbons (Fsp3) is 0.0769. The Labute approximate surface area is 103 Å². The fourth-order valence-electron chi connectivity index (χ4n) is 1.23. The highest BCUT2D eigenvalue weighted by atomic mass is 79.9. The number of rotatable bonds is 0. The third-order valence-electron chi connectivity index (χ3n) is 1.93. The van der Waals surface area contributed by atoms with Crippen LogP contribution in [0.2, 0.25) is 0 Å². The molecular formula is C13H9BrN2. The zero-order valence-corrected chi connectivity index (χ0v) is 10.3. The first-order chi connectivity index (χ1) is 7.74. The van der Waals surface area contributed by atoms with E-state index in [1.807, 2.05) is 31.2 Å². The molecule has 0 atom stereocenters. The maximum atomic E-state index is 4.30. The second kappa shape index (κ2) is 4.91. The topological polar surface area (TPSA) is 25.8 Å². The van der Waals surface area contributed by atoms with Crippen molar-refractivity contribution in [2.75, 3.05) is 0 Å². The minimum Gasteiger partial charge on any atom is -0.262 e. The van der Waals surface area contributed by atoms with E-state index in [4.69, 9.17) is 0 Å². The molecule has 0 aliphatic heterocycles. The van der Waals surface area contributed by atoms with E-state index < -0.39 is 0 Å². The number of halogens is 1. The zero-order valence-electron chi connectivity index (χ0n) is 8.74. The van der Waals surface area contributed by atoms with Crippen molar-refractivity contribution in [3.8, 4) is 11.8 Å². The van der Waals surface area contributed by atoms with Crippen molar-refractivity contribution in [2.24, 2.45) is 0 Å². The molecule has 0 saturated carbocycles. The fourth-order valence-corrected chi connectivity index (χ4v) is 1.59. The molecule has 0 fully saturated rings. The van der Waals surface area contributed by atoms with Gasteiger partial charge in [-0.1, -0.05) is 12.0 Å². The summed E-state index contributed by atoms with van der Waals surface area (Å²) in [6, 6.07) is 7.72. The van der Waals surface area contributed by atoms with Crippen molar-refractivity contribution in [3.05, 3.63) is 58.1 Å². The molecule has 0 aromatic carbocycles. The first kappa shape index (κ1) is 10.8. The molecule has 0 bridgehead atoms. The van der Waals surface area contributed by atoms with Gasteiger partial charge in [-0.05, 0) is 47.0 Å². The summed E-state index contributed by atoms with van der Waals surface area (Å²) in [6.07, 6.45) is 3.46. The van der Waals surface area contributed by atoms with Gasteiger partial charge in [0.05, 0.1) is 0 Å². The molecule has 0 radical (unpaired) electrons. The molecule has 2 rings (SSSR count). The largest absolute Gasteiger partial charge is 0.262 e. The summed E-state index contributed by atoms with van der Waals surface area (Å²) in [6.45, 7) is 1.95. The predicted molar refractivity (Wildman–Crippen MR) is 66.9 cm³/mol. The van der Waals surface area contributed by atoms with E-state index in [1.165, 1.54) is 0 Å². The molecule has 2 aromatic heterocycles. The van der Waals surface area contributed by atoms with Gasteiger partial charge in [-0.25, -0.2) is 4.98 Å². The Morgan fingerprint density at radius 3 is 2.81 bits per heavy atom. The van der Waals surface area contributed by atoms with E-state index in [0.29, 0.717) is 0 Å². The van der Waals surface area contributed by atoms with Crippen LogP contribution in [0.3, 0.4) is 0 Å². The van der Waals surface area contributed by atoms with Gasteiger partial charge in [-0.2, -0.15) is 0 Å². The van der Waals surface area contributed by atoms with Crippen LogP contribution < -0.4 is 0 Å². The monoisotopic (exact) mass is 272 g/mol. The lowest BCUT2D eigenvalue weighted by Crippen LogP contribution is -1.85. The number of nitrogens with zero attached hydrogens (tertiary/aromatic N) is 2. The molecule has 0 aliphatic rings. The molecule has 2 nitrogen and oxygen atoms in total. The summed E-state index contributed by atoms with van der Waals surface area (Å²) in [5, 5.41) is 0. The highest BCUT2D eigenvalue weighted by Crippen LogP contribution is 2.08. The number of pyridine rings is 2. The molecule has 0 N–H and O–H groups in total. The first-order valence-electron chi connectivity index (χ1n) is 4.80. The second-order valence-corrected chi connectivity index (χ2v) is 4.22. The van der Waals surface area contributed by atoms with E-state index in [-0.39, 0.29) is 0 Å². The highest BCUT2D eigenvalue weighted by molar-refractivity contribution is 9.10. The third-order valence-corrected chi connectivity index (χ3v) is 2.36. The van der Waals surface area contributed by atoms with Gasteiger partial charge in [0.15, 0.2) is 0 Å². The number of aromatic nitrogens is 2. The van der Waals surface area contributed by atoms with Gasteiger partial charge >= 0.3 is 0 Å². The normalized spacial score (nSPS) is 9.38. The third kappa shape index (κ3) is 2.91. The van der Waals surface area contributed by atoms with Crippen molar-refractivity contribution in [3.63, 3.8) is 0 Å². The molecule has 0 saturated heterocycles. The quantitative estimate of drug-likeness (QED) is 0.690. The Morgan fingerprint density at radius 2 is 2.06 bits per heavy atom. The molecule has 2 aromatic rings. The highest BCUT2D eigenvalue weighted by Gasteiger charge is 1.91. The number of aryl methyl sites for hydroxylation is 1. The van der Waals surface area contributed by atoms with Crippen LogP contribution in [-0.2, 0) is 0 Å². The first-order valence-corrected chi connectivity index (χ1v) is 5.59. The lowest BCUT2D eigenvalue weighted by molar-refractivity contribution is 1.18. The molecule has 0 amide bonds. The minimum atomic E-state index is 0.778. The van der Waals surface area contributed by atoms with E-state index in [9.17, 15) is 0 Å². The van der Waals surface area contributed by atoms with Crippen LogP contribution in [0.25, 0.3) is 0 Å². The van der Waals surface area contributed by atoms with Gasteiger partial charge in [0.1, 0.15) is 5.69 Å². The van der Waals surface area contributed by atoms with Gasteiger partial charge in [0, 0.05) is 28.1 Å². The zero-order chi connectivity index (χ0) is 11.4. The molecule has 0 spiro atoms. The van der Waals surface area contributed by atoms with Crippen molar-refractivity contribution in [1.82, 2.24) is 9.97 Å². The lowest BCUT2D eigenvalue weighted by Gasteiger charge is -1.92. The number of hydrogen-bond donors (Lipinski definition) is 0. The standard InChI is InChI=1S/C13H9BrN2/c1-10-3-2-4-13(16-10)6-5-11-7-12(14)9-15-8-11/h2-4,7-9H,1H3. The average Bonchev–Trinajstić information content (AvgIpc) is 2.27. The Bertz CT molecular complexity index is 518. The van der Waals surface area contributed by atoms with Crippen molar-refractivity contribution < 1.29 is 0 Å². The molecule has 0 aliphatic carbocycles. The lowest BCUT2D eigenvalue weighted by atomic mass is 10.2. The number of hydrogen-bond acceptors (Lipinski definition) is 2. The smallest absolute Gasteiger partial charge is 0.113 e. The summed E-state index contributed by atoms with van der Waals surface area (Å²) < 4.78 is 0.927. The summed E-state index contributed by atoms with van der Waals surface area (Å²) in [5.74, 6) is 6.03. The Hall–Kier alpha value is -1.66. The van der Waals surface area contributed by atoms with Gasteiger partial charge in [-0.3, -0.25) is 4.98 Å². The second-order valence-electron chi connectivity index (χ2n) is 3.31. The Balaban J connectivity index is 2.28. The molecule has 2 heterocycles. The Morgan fingerprint density at radius 1 is 1.19 bits per heavy atom. The summed E-state index contributed by atoms with van der Waals surface area (Å²) in [4.78, 5) is 8.35. The maximum Gasteiger partial charge on any atom is 0.113 e. The summed E-state index contributed by atoms with van der Waals surface area (Å²) in [5.41, 5.74) is 2.62. The average molecular weight is 273 g/mol. The molecule has 3 heteroatoms. The molecule has 78 valence electrons. The van der Waals surface area contributed by atoms with Crippen LogP contribution in [0.5, 0.6) is 0 Å². The van der Waals surface area contributed by atoms with Gasteiger partial charge in [0.25, 0.3) is 0 Å². The van der Waals surface area contributed by atoms with Crippen LogP contribution in [0.15, 0.2) is 41.1 Å². The summed E-state index contributed by atoms with van der Waals surface area (Å²) >= 11 is 3.35. The van der Waals surface area contributed by atoms with E-state index in [0.717, 1.165) is 21.4 Å². The molecule has 16 heavy (non-hydrogen) atoms. The SMILES string of the molecule is Cc1cccc(C#Cc2cncc(Br)c2)n1. The molecule has 0 unspecified atom stereocenters. The van der Waals surface area contributed by atoms with Gasteiger partial charge < -0.3 is 0 Å². The van der Waals surface area contributed by atoms with Gasteiger partial charge in [0.2, 0.25) is 0 Å².